The summed E-state index contributed by atoms with van der Waals surface area (Å²) in [6.45, 7) is 0. The Morgan fingerprint density at radius 1 is 1.13 bits per heavy atom. The zero-order chi connectivity index (χ0) is 28.3. The standard InChI is InChI=1S/C23H29N7O7S2/c24-13-2-1-11(7-12(13)22(33)34)38-4-6-39(5-3-14(25)23(35)36)8-15-17(31)18(32)21(37-15)30-10-29-16-19(26)27-9-28-20(16)30/h1-2,7,9-10,14-15,17-18,21,31-32H,3-6,8,24-25H2,(H3-,26,27,28,33,34,35,36)/p+1/t14-,15+,17+,18+,21+,39?/m0/s1. The Morgan fingerprint density at radius 2 is 1.90 bits per heavy atom. The van der Waals surface area contributed by atoms with Crippen LogP contribution >= 0.6 is 11.8 Å². The fourth-order valence-electron chi connectivity index (χ4n) is 4.16. The second kappa shape index (κ2) is 12.4. The van der Waals surface area contributed by atoms with Gasteiger partial charge in [0.25, 0.3) is 0 Å². The number of carbonyl (C=O) groups is 2. The van der Waals surface area contributed by atoms with E-state index in [-0.39, 0.29) is 23.5 Å². The van der Waals surface area contributed by atoms with Gasteiger partial charge in [-0.25, -0.2) is 19.7 Å². The van der Waals surface area contributed by atoms with Crippen molar-refractivity contribution in [2.45, 2.75) is 41.9 Å². The lowest BCUT2D eigenvalue weighted by Gasteiger charge is -2.17. The summed E-state index contributed by atoms with van der Waals surface area (Å²) in [7, 11) is -0.444. The lowest BCUT2D eigenvalue weighted by molar-refractivity contribution is -0.138. The molecule has 39 heavy (non-hydrogen) atoms. The Labute approximate surface area is 229 Å². The number of carboxylic acid groups (broad SMARTS) is 2. The van der Waals surface area contributed by atoms with Crippen LogP contribution in [0.1, 0.15) is 23.0 Å². The van der Waals surface area contributed by atoms with Gasteiger partial charge in [-0.15, -0.1) is 11.8 Å². The fourth-order valence-corrected chi connectivity index (χ4v) is 7.90. The third kappa shape index (κ3) is 6.54. The Kier molecular flexibility index (Phi) is 9.14. The van der Waals surface area contributed by atoms with Gasteiger partial charge in [0.15, 0.2) is 17.7 Å². The second-order valence-corrected chi connectivity index (χ2v) is 12.5. The van der Waals surface area contributed by atoms with Crippen molar-refractivity contribution < 1.29 is 34.8 Å². The molecule has 0 bridgehead atoms. The lowest BCUT2D eigenvalue weighted by atomic mass is 10.1. The fraction of sp³-hybridized carbons (Fsp3) is 0.435. The molecule has 3 aromatic rings. The molecule has 1 saturated heterocycles. The highest BCUT2D eigenvalue weighted by atomic mass is 32.2. The zero-order valence-corrected chi connectivity index (χ0v) is 22.3. The summed E-state index contributed by atoms with van der Waals surface area (Å²) in [5.41, 5.74) is 18.2. The largest absolute Gasteiger partial charge is 0.480 e. The summed E-state index contributed by atoms with van der Waals surface area (Å²) < 4.78 is 7.57. The average Bonchev–Trinajstić information content (AvgIpc) is 3.45. The van der Waals surface area contributed by atoms with Crippen molar-refractivity contribution in [2.75, 3.05) is 34.5 Å². The van der Waals surface area contributed by atoms with Gasteiger partial charge in [0.2, 0.25) is 0 Å². The van der Waals surface area contributed by atoms with Crippen LogP contribution in [-0.4, -0.2) is 99.2 Å². The minimum Gasteiger partial charge on any atom is -0.480 e. The summed E-state index contributed by atoms with van der Waals surface area (Å²) in [6, 6.07) is 3.76. The van der Waals surface area contributed by atoms with Gasteiger partial charge in [-0.3, -0.25) is 9.36 Å². The number of aliphatic hydroxyl groups excluding tert-OH is 2. The monoisotopic (exact) mass is 580 g/mol. The van der Waals surface area contributed by atoms with E-state index < -0.39 is 53.4 Å². The number of aliphatic carboxylic acids is 1. The first-order valence-corrected chi connectivity index (χ1v) is 14.6. The Hall–Kier alpha value is -3.15. The highest BCUT2D eigenvalue weighted by Gasteiger charge is 2.47. The number of fused-ring (bicyclic) bond motifs is 1. The SMILES string of the molecule is Nc1ccc(SCC[S+](CC[C@H](N)C(=O)O)C[C@H]2O[C@@H](n3cnc4c(N)ncnc43)[C@H](O)[C@@H]2O)cc1C(=O)O. The number of hydrogen-bond donors (Lipinski definition) is 7. The van der Waals surface area contributed by atoms with Crippen LogP contribution in [0, 0.1) is 0 Å². The van der Waals surface area contributed by atoms with Gasteiger partial charge in [-0.1, -0.05) is 0 Å². The summed E-state index contributed by atoms with van der Waals surface area (Å²) in [5.74, 6) is -0.00175. The molecule has 4 rings (SSSR count). The molecule has 0 radical (unpaired) electrons. The molecular weight excluding hydrogens is 550 g/mol. The van der Waals surface area contributed by atoms with E-state index in [1.54, 1.807) is 12.1 Å². The molecular formula is C23H30N7O7S2+. The molecule has 16 heteroatoms. The van der Waals surface area contributed by atoms with E-state index in [1.165, 1.54) is 35.0 Å². The molecule has 0 spiro atoms. The maximum absolute atomic E-state index is 11.4. The van der Waals surface area contributed by atoms with Crippen LogP contribution in [-0.2, 0) is 20.4 Å². The summed E-state index contributed by atoms with van der Waals surface area (Å²) in [4.78, 5) is 35.6. The van der Waals surface area contributed by atoms with Gasteiger partial charge in [0.1, 0.15) is 53.5 Å². The molecule has 1 aliphatic rings. The molecule has 0 amide bonds. The van der Waals surface area contributed by atoms with Crippen molar-refractivity contribution >= 4 is 57.3 Å². The molecule has 10 N–H and O–H groups in total. The average molecular weight is 581 g/mol. The highest BCUT2D eigenvalue weighted by Crippen LogP contribution is 2.33. The molecule has 1 aliphatic heterocycles. The number of carboxylic acids is 2. The van der Waals surface area contributed by atoms with Crippen LogP contribution in [0.5, 0.6) is 0 Å². The van der Waals surface area contributed by atoms with E-state index in [0.717, 1.165) is 4.90 Å². The van der Waals surface area contributed by atoms with Crippen LogP contribution in [0.2, 0.25) is 0 Å². The van der Waals surface area contributed by atoms with Gasteiger partial charge in [-0.05, 0) is 29.1 Å². The van der Waals surface area contributed by atoms with E-state index >= 15 is 0 Å². The number of rotatable bonds is 12. The van der Waals surface area contributed by atoms with Crippen molar-refractivity contribution in [2.24, 2.45) is 5.73 Å². The number of benzene rings is 1. The van der Waals surface area contributed by atoms with Crippen LogP contribution in [0.4, 0.5) is 11.5 Å². The number of aromatic carboxylic acids is 1. The summed E-state index contributed by atoms with van der Waals surface area (Å²) in [6.07, 6.45) is -1.27. The lowest BCUT2D eigenvalue weighted by Crippen LogP contribution is -2.38. The number of aliphatic hydroxyl groups is 2. The van der Waals surface area contributed by atoms with Crippen molar-refractivity contribution in [3.05, 3.63) is 36.4 Å². The number of nitrogens with zero attached hydrogens (tertiary/aromatic N) is 4. The van der Waals surface area contributed by atoms with E-state index in [2.05, 4.69) is 15.0 Å². The molecule has 3 heterocycles. The van der Waals surface area contributed by atoms with Gasteiger partial charge < -0.3 is 42.4 Å². The first-order chi connectivity index (χ1) is 18.6. The number of anilines is 2. The van der Waals surface area contributed by atoms with Gasteiger partial charge in [0, 0.05) is 22.8 Å². The van der Waals surface area contributed by atoms with Crippen molar-refractivity contribution in [3.8, 4) is 0 Å². The van der Waals surface area contributed by atoms with Crippen molar-refractivity contribution in [3.63, 3.8) is 0 Å². The predicted octanol–water partition coefficient (Wildman–Crippen LogP) is -0.479. The number of imidazole rings is 1. The van der Waals surface area contributed by atoms with E-state index in [0.29, 0.717) is 34.2 Å². The number of nitrogens with two attached hydrogens (primary N) is 3. The van der Waals surface area contributed by atoms with Crippen LogP contribution in [0.25, 0.3) is 11.2 Å². The Balaban J connectivity index is 1.45. The first kappa shape index (κ1) is 28.8. The van der Waals surface area contributed by atoms with Crippen molar-refractivity contribution in [1.82, 2.24) is 19.5 Å². The van der Waals surface area contributed by atoms with Crippen LogP contribution in [0.15, 0.2) is 35.7 Å². The molecule has 1 fully saturated rings. The van der Waals surface area contributed by atoms with E-state index in [1.807, 2.05) is 0 Å². The van der Waals surface area contributed by atoms with Crippen LogP contribution in [0.3, 0.4) is 0 Å². The molecule has 6 atom stereocenters. The third-order valence-electron chi connectivity index (χ3n) is 6.33. The normalized spacial score (nSPS) is 22.6. The molecule has 14 nitrogen and oxygen atoms in total. The number of aromatic nitrogens is 4. The quantitative estimate of drug-likeness (QED) is 0.0812. The number of nitrogen functional groups attached to an aromatic ring is 2. The van der Waals surface area contributed by atoms with E-state index in [9.17, 15) is 30.0 Å². The molecule has 210 valence electrons. The number of ether oxygens (including phenoxy) is 1. The highest BCUT2D eigenvalue weighted by molar-refractivity contribution is 8.01. The minimum absolute atomic E-state index is 0.0213. The smallest absolute Gasteiger partial charge is 0.337 e. The van der Waals surface area contributed by atoms with Crippen LogP contribution < -0.4 is 17.2 Å². The number of thioether (sulfide) groups is 1. The molecule has 2 aromatic heterocycles. The van der Waals surface area contributed by atoms with Gasteiger partial charge >= 0.3 is 11.9 Å². The number of hydrogen-bond acceptors (Lipinski definition) is 12. The Bertz CT molecular complexity index is 1340. The van der Waals surface area contributed by atoms with Gasteiger partial charge in [0.05, 0.1) is 11.9 Å². The van der Waals surface area contributed by atoms with Crippen molar-refractivity contribution in [1.29, 1.82) is 0 Å². The summed E-state index contributed by atoms with van der Waals surface area (Å²) >= 11 is 1.44. The third-order valence-corrected chi connectivity index (χ3v) is 9.98. The maximum atomic E-state index is 11.4. The Morgan fingerprint density at radius 3 is 2.62 bits per heavy atom. The van der Waals surface area contributed by atoms with E-state index in [4.69, 9.17) is 21.9 Å². The maximum Gasteiger partial charge on any atom is 0.337 e. The topological polar surface area (TPSA) is 246 Å². The second-order valence-electron chi connectivity index (χ2n) is 8.95. The molecule has 0 aliphatic carbocycles. The minimum atomic E-state index is -1.27. The molecule has 1 unspecified atom stereocenters. The predicted molar refractivity (Wildman–Crippen MR) is 146 cm³/mol. The summed E-state index contributed by atoms with van der Waals surface area (Å²) in [5, 5.41) is 40.1. The van der Waals surface area contributed by atoms with Gasteiger partial charge in [-0.2, -0.15) is 0 Å². The molecule has 1 aromatic carbocycles. The first-order valence-electron chi connectivity index (χ1n) is 11.9. The zero-order valence-electron chi connectivity index (χ0n) is 20.7. The molecule has 0 saturated carbocycles.